The van der Waals surface area contributed by atoms with E-state index in [2.05, 4.69) is 26.3 Å². The third-order valence-corrected chi connectivity index (χ3v) is 22.9. The van der Waals surface area contributed by atoms with Gasteiger partial charge in [-0.2, -0.15) is 0 Å². The van der Waals surface area contributed by atoms with Crippen LogP contribution in [0.4, 0.5) is 0 Å². The summed E-state index contributed by atoms with van der Waals surface area (Å²) < 4.78 is 51.4. The largest absolute Gasteiger partial charge is 0.462 e. The first-order valence-corrected chi connectivity index (χ1v) is 41.1. The van der Waals surface area contributed by atoms with Crippen molar-refractivity contribution >= 4 is 96.5 Å². The van der Waals surface area contributed by atoms with Crippen molar-refractivity contribution in [3.05, 3.63) is 214 Å². The lowest BCUT2D eigenvalue weighted by Gasteiger charge is -2.42. The number of likely N-dealkylation sites (N-methyl/N-ethyl adjacent to an activating group) is 2. The van der Waals surface area contributed by atoms with Crippen molar-refractivity contribution in [2.24, 2.45) is 0 Å². The van der Waals surface area contributed by atoms with Crippen LogP contribution < -0.4 is 18.9 Å². The van der Waals surface area contributed by atoms with Crippen LogP contribution in [0.1, 0.15) is 198 Å². The van der Waals surface area contributed by atoms with Gasteiger partial charge in [0.1, 0.15) is 58.1 Å². The predicted octanol–water partition coefficient (Wildman–Crippen LogP) is 18.5. The molecular formula is C96H102N4O18. The Balaban J connectivity index is 1.13. The Hall–Kier alpha value is -12.2. The van der Waals surface area contributed by atoms with Gasteiger partial charge in [-0.3, -0.25) is 33.8 Å². The van der Waals surface area contributed by atoms with Gasteiger partial charge < -0.3 is 52.8 Å². The van der Waals surface area contributed by atoms with E-state index in [9.17, 15) is 24.3 Å². The van der Waals surface area contributed by atoms with Crippen LogP contribution in [0.3, 0.4) is 0 Å². The van der Waals surface area contributed by atoms with Crippen LogP contribution in [0.2, 0.25) is 0 Å². The molecule has 4 aliphatic rings. The summed E-state index contributed by atoms with van der Waals surface area (Å²) in [4.78, 5) is 137. The fraction of sp³-hybridized carbons (Fsp3) is 0.365. The molecule has 0 bridgehead atoms. The first-order chi connectivity index (χ1) is 56.8. The average Bonchev–Trinajstić information content (AvgIpc) is 0.670. The molecular weight excluding hydrogens is 1500 g/mol. The Morgan fingerprint density at radius 2 is 0.678 bits per heavy atom. The Bertz CT molecular complexity index is 5290. The first-order valence-electron chi connectivity index (χ1n) is 41.1. The van der Waals surface area contributed by atoms with Crippen molar-refractivity contribution in [1.82, 2.24) is 19.6 Å². The predicted molar refractivity (Wildman–Crippen MR) is 450 cm³/mol. The highest BCUT2D eigenvalue weighted by atomic mass is 16.5. The molecule has 0 aromatic heterocycles. The third kappa shape index (κ3) is 17.3. The SMILES string of the molecule is C=C(C)C(=O)OCCc1ccc(Oc2cc3c4c(cc(Oc5ccc(CCOC(=O)C(=C)C)cc5)c5c6c(Oc7ccc(CCOC(=O)C(=C)C)cc7)cc7c8c(cc(Oc9ccc(CCOC(=O)C(=C)C)cc9)c(c2c45)c86)C(=O)N(C(CC)C(=O)N(CC)C2CCCCC2)C7O)C(=O)N(C(CC)C(=O)N(CC)C2CCCCC2)C3=O)cc1. The molecule has 3 atom stereocenters. The van der Waals surface area contributed by atoms with Gasteiger partial charge in [-0.1, -0.05) is 127 Å². The molecule has 3 unspecified atom stereocenters. The van der Waals surface area contributed by atoms with E-state index < -0.39 is 59.9 Å². The first kappa shape index (κ1) is 83.8. The molecule has 0 saturated heterocycles. The van der Waals surface area contributed by atoms with Gasteiger partial charge in [0.25, 0.3) is 17.7 Å². The molecule has 2 saturated carbocycles. The van der Waals surface area contributed by atoms with Gasteiger partial charge in [0.15, 0.2) is 6.23 Å². The summed E-state index contributed by atoms with van der Waals surface area (Å²) in [7, 11) is 0. The van der Waals surface area contributed by atoms with Gasteiger partial charge in [0.2, 0.25) is 11.8 Å². The minimum Gasteiger partial charge on any atom is -0.462 e. The van der Waals surface area contributed by atoms with Crippen LogP contribution in [0.15, 0.2) is 170 Å². The smallest absolute Gasteiger partial charge is 0.333 e. The van der Waals surface area contributed by atoms with Crippen molar-refractivity contribution < 1.29 is 86.2 Å². The maximum atomic E-state index is 16.6. The molecule has 13 rings (SSSR count). The molecule has 2 aliphatic heterocycles. The number of esters is 4. The second kappa shape index (κ2) is 36.6. The number of fused-ring (bicyclic) bond motifs is 2. The molecule has 9 aromatic carbocycles. The van der Waals surface area contributed by atoms with Crippen LogP contribution >= 0.6 is 0 Å². The Morgan fingerprint density at radius 1 is 0.390 bits per heavy atom. The molecule has 22 heteroatoms. The zero-order valence-electron chi connectivity index (χ0n) is 68.5. The minimum absolute atomic E-state index is 0.0188. The maximum Gasteiger partial charge on any atom is 0.333 e. The number of imide groups is 1. The highest BCUT2D eigenvalue weighted by Gasteiger charge is 2.48. The molecule has 9 aromatic rings. The van der Waals surface area contributed by atoms with E-state index >= 15 is 24.0 Å². The van der Waals surface area contributed by atoms with Crippen molar-refractivity contribution in [2.45, 2.75) is 189 Å². The molecule has 2 heterocycles. The number of amides is 5. The summed E-state index contributed by atoms with van der Waals surface area (Å²) in [6, 6.07) is 32.0. The van der Waals surface area contributed by atoms with E-state index in [1.165, 1.54) is 4.90 Å². The second-order valence-electron chi connectivity index (χ2n) is 31.1. The van der Waals surface area contributed by atoms with Crippen LogP contribution in [0, 0.1) is 0 Å². The number of carbonyl (C=O) groups excluding carboxylic acids is 9. The summed E-state index contributed by atoms with van der Waals surface area (Å²) >= 11 is 0. The number of hydrogen-bond acceptors (Lipinski definition) is 18. The molecule has 5 amide bonds. The number of hydrogen-bond donors (Lipinski definition) is 1. The summed E-state index contributed by atoms with van der Waals surface area (Å²) in [5.41, 5.74) is 4.25. The molecule has 118 heavy (non-hydrogen) atoms. The Kier molecular flexibility index (Phi) is 25.9. The van der Waals surface area contributed by atoms with E-state index in [0.717, 1.165) is 91.4 Å². The number of carbonyl (C=O) groups is 9. The molecule has 2 fully saturated rings. The molecule has 2 aliphatic carbocycles. The standard InChI is InChI=1S/C96H102N4O18/c1-13-73(91(105)97(15-3)63-23-19-17-20-24-63)99-87(101)69-51-75(115-65-35-27-59(28-36-65)43-47-111-93(107)55(5)6)81-83-77(117-67-39-31-61(32-40-67)45-49-113-95(109)57(9)10)53-71-80-72(90(104)100(89(71)103)74(14-2)92(106)98(16-4)64-25-21-18-22-26-64)54-78(118-68-41-33-62(34-42-68)46-50-114-96(110)58(11)12)84(86(80)83)82-76(52-70(88(99)102)79(69)85(81)82)116-66-37-29-60(30-38-66)44-48-112-94(108)56(7)8/h27-42,51-54,63-64,73-74,87,101H,5,7,9,11,13-26,43-50H2,1-4,6,8,10,12H3. The highest BCUT2D eigenvalue weighted by molar-refractivity contribution is 6.43. The van der Waals surface area contributed by atoms with Crippen LogP contribution in [0.25, 0.3) is 43.1 Å². The normalized spacial score (nSPS) is 15.4. The monoisotopic (exact) mass is 1600 g/mol. The van der Waals surface area contributed by atoms with Crippen LogP contribution in [-0.4, -0.2) is 142 Å². The Morgan fingerprint density at radius 3 is 0.975 bits per heavy atom. The lowest BCUT2D eigenvalue weighted by Crippen LogP contribution is -2.56. The Labute approximate surface area is 687 Å². The van der Waals surface area contributed by atoms with E-state index in [-0.39, 0.29) is 197 Å². The second-order valence-corrected chi connectivity index (χ2v) is 31.1. The van der Waals surface area contributed by atoms with Crippen LogP contribution in [0.5, 0.6) is 46.0 Å². The maximum absolute atomic E-state index is 16.6. The molecule has 0 radical (unpaired) electrons. The summed E-state index contributed by atoms with van der Waals surface area (Å²) in [6.45, 7) is 29.4. The van der Waals surface area contributed by atoms with Crippen molar-refractivity contribution in [3.8, 4) is 46.0 Å². The highest BCUT2D eigenvalue weighted by Crippen LogP contribution is 2.59. The fourth-order valence-electron chi connectivity index (χ4n) is 16.8. The van der Waals surface area contributed by atoms with Crippen LogP contribution in [-0.2, 0) is 73.4 Å². The van der Waals surface area contributed by atoms with Crippen molar-refractivity contribution in [3.63, 3.8) is 0 Å². The topological polar surface area (TPSA) is 261 Å². The zero-order valence-corrected chi connectivity index (χ0v) is 68.5. The van der Waals surface area contributed by atoms with E-state index in [1.807, 2.05) is 74.2 Å². The van der Waals surface area contributed by atoms with Gasteiger partial charge in [-0.05, 0) is 175 Å². The van der Waals surface area contributed by atoms with Gasteiger partial charge in [-0.25, -0.2) is 19.2 Å². The van der Waals surface area contributed by atoms with E-state index in [0.29, 0.717) is 38.8 Å². The lowest BCUT2D eigenvalue weighted by atomic mass is 9.80. The number of ether oxygens (including phenoxy) is 8. The molecule has 1 N–H and O–H groups in total. The fourth-order valence-corrected chi connectivity index (χ4v) is 16.8. The van der Waals surface area contributed by atoms with Crippen molar-refractivity contribution in [2.75, 3.05) is 39.5 Å². The molecule has 0 spiro atoms. The number of rotatable bonds is 34. The van der Waals surface area contributed by atoms with Gasteiger partial charge in [0.05, 0.1) is 43.1 Å². The number of benzene rings is 9. The average molecular weight is 1600 g/mol. The van der Waals surface area contributed by atoms with E-state index in [1.54, 1.807) is 112 Å². The number of aliphatic hydroxyl groups excluding tert-OH is 1. The van der Waals surface area contributed by atoms with Gasteiger partial charge in [0, 0.05) is 122 Å². The lowest BCUT2D eigenvalue weighted by molar-refractivity contribution is -0.143. The van der Waals surface area contributed by atoms with E-state index in [4.69, 9.17) is 37.9 Å². The minimum atomic E-state index is -1.83. The summed E-state index contributed by atoms with van der Waals surface area (Å²) in [6.07, 6.45) is 8.44. The summed E-state index contributed by atoms with van der Waals surface area (Å²) in [5, 5.41) is 15.5. The summed E-state index contributed by atoms with van der Waals surface area (Å²) in [5.74, 6) is -3.93. The van der Waals surface area contributed by atoms with Gasteiger partial charge in [-0.15, -0.1) is 0 Å². The number of nitrogens with zero attached hydrogens (tertiary/aromatic N) is 4. The zero-order chi connectivity index (χ0) is 83.9. The quantitative estimate of drug-likeness (QED) is 0.00981. The molecule has 614 valence electrons. The third-order valence-electron chi connectivity index (χ3n) is 22.9. The molecule has 22 nitrogen and oxygen atoms in total. The van der Waals surface area contributed by atoms with Gasteiger partial charge >= 0.3 is 23.9 Å². The number of aliphatic hydroxyl groups is 1. The van der Waals surface area contributed by atoms with Crippen molar-refractivity contribution in [1.29, 1.82) is 0 Å².